The zero-order chi connectivity index (χ0) is 16.1. The molecule has 0 unspecified atom stereocenters. The van der Waals surface area contributed by atoms with Crippen LogP contribution in [0.4, 0.5) is 0 Å². The molecule has 0 amide bonds. The molecule has 7 heteroatoms. The minimum Gasteiger partial charge on any atom is -0.309 e. The SMILES string of the molecule is C/C=C/Cn1c(SCCCCC)nc2c1c(=O)[nH]c(=O)n2C. The molecule has 0 radical (unpaired) electrons. The number of aromatic nitrogens is 4. The minimum atomic E-state index is -0.435. The summed E-state index contributed by atoms with van der Waals surface area (Å²) in [6, 6.07) is 0. The summed E-state index contributed by atoms with van der Waals surface area (Å²) in [5, 5.41) is 0.788. The molecule has 0 fully saturated rings. The van der Waals surface area contributed by atoms with E-state index in [1.165, 1.54) is 17.4 Å². The number of rotatable bonds is 7. The predicted octanol–water partition coefficient (Wildman–Crippen LogP) is 2.28. The normalized spacial score (nSPS) is 11.8. The molecule has 0 atom stereocenters. The van der Waals surface area contributed by atoms with Crippen LogP contribution in [0.1, 0.15) is 33.1 Å². The van der Waals surface area contributed by atoms with Gasteiger partial charge in [-0.2, -0.15) is 0 Å². The lowest BCUT2D eigenvalue weighted by molar-refractivity contribution is 0.738. The summed E-state index contributed by atoms with van der Waals surface area (Å²) in [5.74, 6) is 0.957. The van der Waals surface area contributed by atoms with Gasteiger partial charge in [0.05, 0.1) is 0 Å². The number of hydrogen-bond acceptors (Lipinski definition) is 4. The molecule has 0 aromatic carbocycles. The van der Waals surface area contributed by atoms with Crippen LogP contribution in [0.25, 0.3) is 11.2 Å². The lowest BCUT2D eigenvalue weighted by atomic mass is 10.3. The van der Waals surface area contributed by atoms with Crippen molar-refractivity contribution >= 4 is 22.9 Å². The number of nitrogens with zero attached hydrogens (tertiary/aromatic N) is 3. The highest BCUT2D eigenvalue weighted by molar-refractivity contribution is 7.99. The number of imidazole rings is 1. The number of fused-ring (bicyclic) bond motifs is 1. The number of thioether (sulfide) groups is 1. The maximum absolute atomic E-state index is 12.2. The van der Waals surface area contributed by atoms with E-state index in [2.05, 4.69) is 16.9 Å². The van der Waals surface area contributed by atoms with E-state index < -0.39 is 5.69 Å². The van der Waals surface area contributed by atoms with Crippen molar-refractivity contribution in [2.24, 2.45) is 7.05 Å². The largest absolute Gasteiger partial charge is 0.329 e. The quantitative estimate of drug-likeness (QED) is 0.482. The van der Waals surface area contributed by atoms with Gasteiger partial charge < -0.3 is 4.57 Å². The number of aryl methyl sites for hydroxylation is 1. The van der Waals surface area contributed by atoms with Crippen LogP contribution in [0.5, 0.6) is 0 Å². The van der Waals surface area contributed by atoms with Gasteiger partial charge in [-0.15, -0.1) is 0 Å². The van der Waals surface area contributed by atoms with E-state index in [0.29, 0.717) is 17.7 Å². The molecule has 2 rings (SSSR count). The van der Waals surface area contributed by atoms with Crippen molar-refractivity contribution in [1.29, 1.82) is 0 Å². The monoisotopic (exact) mass is 322 g/mol. The zero-order valence-electron chi connectivity index (χ0n) is 13.3. The first-order valence-electron chi connectivity index (χ1n) is 7.53. The van der Waals surface area contributed by atoms with E-state index in [9.17, 15) is 9.59 Å². The maximum atomic E-state index is 12.2. The van der Waals surface area contributed by atoms with Crippen molar-refractivity contribution < 1.29 is 0 Å². The third kappa shape index (κ3) is 3.35. The first kappa shape index (κ1) is 16.6. The summed E-state index contributed by atoms with van der Waals surface area (Å²) in [6.07, 6.45) is 7.38. The molecule has 2 aromatic rings. The van der Waals surface area contributed by atoms with E-state index >= 15 is 0 Å². The number of nitrogens with one attached hydrogen (secondary N) is 1. The zero-order valence-corrected chi connectivity index (χ0v) is 14.1. The highest BCUT2D eigenvalue weighted by Crippen LogP contribution is 2.22. The van der Waals surface area contributed by atoms with Crippen molar-refractivity contribution in [1.82, 2.24) is 19.1 Å². The Morgan fingerprint density at radius 1 is 1.32 bits per heavy atom. The molecule has 2 aromatic heterocycles. The van der Waals surface area contributed by atoms with Crippen molar-refractivity contribution in [3.8, 4) is 0 Å². The standard InChI is InChI=1S/C15H22N4O2S/c1-4-6-8-10-22-15-16-12-11(19(15)9-7-5-2)13(20)17-14(21)18(12)3/h5,7H,4,6,8-10H2,1-3H3,(H,17,20,21)/b7-5+. The number of H-pyrrole nitrogens is 1. The minimum absolute atomic E-state index is 0.379. The summed E-state index contributed by atoms with van der Waals surface area (Å²) in [4.78, 5) is 30.8. The lowest BCUT2D eigenvalue weighted by Crippen LogP contribution is -2.29. The molecule has 0 saturated heterocycles. The van der Waals surface area contributed by atoms with Crippen LogP contribution in [0.15, 0.2) is 26.9 Å². The van der Waals surface area contributed by atoms with Crippen LogP contribution in [0.3, 0.4) is 0 Å². The molecule has 0 saturated carbocycles. The van der Waals surface area contributed by atoms with Gasteiger partial charge in [-0.05, 0) is 13.3 Å². The fraction of sp³-hybridized carbons (Fsp3) is 0.533. The van der Waals surface area contributed by atoms with Crippen LogP contribution in [0.2, 0.25) is 0 Å². The van der Waals surface area contributed by atoms with Gasteiger partial charge >= 0.3 is 5.69 Å². The molecular formula is C15H22N4O2S. The molecule has 0 bridgehead atoms. The van der Waals surface area contributed by atoms with Crippen molar-refractivity contribution in [2.75, 3.05) is 5.75 Å². The van der Waals surface area contributed by atoms with E-state index in [4.69, 9.17) is 0 Å². The Bertz CT molecular complexity index is 785. The molecule has 0 aliphatic heterocycles. The third-order valence-electron chi connectivity index (χ3n) is 3.47. The van der Waals surface area contributed by atoms with Crippen molar-refractivity contribution in [2.45, 2.75) is 44.8 Å². The van der Waals surface area contributed by atoms with Crippen molar-refractivity contribution in [3.63, 3.8) is 0 Å². The van der Waals surface area contributed by atoms with Gasteiger partial charge in [0.1, 0.15) is 0 Å². The van der Waals surface area contributed by atoms with Gasteiger partial charge in [0.2, 0.25) is 0 Å². The van der Waals surface area contributed by atoms with Gasteiger partial charge in [0.25, 0.3) is 5.56 Å². The Morgan fingerprint density at radius 2 is 2.09 bits per heavy atom. The van der Waals surface area contributed by atoms with Crippen LogP contribution in [-0.2, 0) is 13.6 Å². The Labute approximate surface area is 133 Å². The summed E-state index contributed by atoms with van der Waals surface area (Å²) in [7, 11) is 1.62. The number of unbranched alkanes of at least 4 members (excludes halogenated alkanes) is 2. The highest BCUT2D eigenvalue weighted by atomic mass is 32.2. The van der Waals surface area contributed by atoms with Gasteiger partial charge in [0, 0.05) is 19.3 Å². The maximum Gasteiger partial charge on any atom is 0.329 e. The predicted molar refractivity (Wildman–Crippen MR) is 90.7 cm³/mol. The molecule has 2 heterocycles. The topological polar surface area (TPSA) is 72.7 Å². The van der Waals surface area contributed by atoms with E-state index in [0.717, 1.165) is 17.3 Å². The molecule has 6 nitrogen and oxygen atoms in total. The third-order valence-corrected chi connectivity index (χ3v) is 4.54. The van der Waals surface area contributed by atoms with Crippen LogP contribution in [-0.4, -0.2) is 24.9 Å². The Morgan fingerprint density at radius 3 is 2.77 bits per heavy atom. The summed E-state index contributed by atoms with van der Waals surface area (Å²) >= 11 is 1.64. The van der Waals surface area contributed by atoms with Crippen LogP contribution >= 0.6 is 11.8 Å². The van der Waals surface area contributed by atoms with Gasteiger partial charge in [0.15, 0.2) is 16.3 Å². The Balaban J connectivity index is 2.49. The van der Waals surface area contributed by atoms with Gasteiger partial charge in [-0.25, -0.2) is 9.78 Å². The number of aromatic amines is 1. The second kappa shape index (κ2) is 7.49. The van der Waals surface area contributed by atoms with Crippen molar-refractivity contribution in [3.05, 3.63) is 33.0 Å². The van der Waals surface area contributed by atoms with Gasteiger partial charge in [-0.3, -0.25) is 14.3 Å². The average Bonchev–Trinajstić information content (AvgIpc) is 2.86. The molecular weight excluding hydrogens is 300 g/mol. The second-order valence-corrected chi connectivity index (χ2v) is 6.18. The van der Waals surface area contributed by atoms with Gasteiger partial charge in [-0.1, -0.05) is 43.7 Å². The number of allylic oxidation sites excluding steroid dienone is 2. The molecule has 1 N–H and O–H groups in total. The highest BCUT2D eigenvalue weighted by Gasteiger charge is 2.16. The van der Waals surface area contributed by atoms with Crippen LogP contribution in [0, 0.1) is 0 Å². The van der Waals surface area contributed by atoms with E-state index in [1.54, 1.807) is 18.8 Å². The first-order chi connectivity index (χ1) is 10.6. The molecule has 0 aliphatic carbocycles. The molecule has 0 spiro atoms. The average molecular weight is 322 g/mol. The number of hydrogen-bond donors (Lipinski definition) is 1. The van der Waals surface area contributed by atoms with E-state index in [1.807, 2.05) is 23.6 Å². The molecule has 120 valence electrons. The fourth-order valence-electron chi connectivity index (χ4n) is 2.22. The summed E-state index contributed by atoms with van der Waals surface area (Å²) < 4.78 is 3.27. The summed E-state index contributed by atoms with van der Waals surface area (Å²) in [6.45, 7) is 4.68. The molecule has 0 aliphatic rings. The summed E-state index contributed by atoms with van der Waals surface area (Å²) in [5.41, 5.74) is 0.0839. The first-order valence-corrected chi connectivity index (χ1v) is 8.52. The molecule has 22 heavy (non-hydrogen) atoms. The Hall–Kier alpha value is -1.76. The smallest absolute Gasteiger partial charge is 0.309 e. The van der Waals surface area contributed by atoms with E-state index in [-0.39, 0.29) is 5.56 Å². The Kier molecular flexibility index (Phi) is 5.65. The second-order valence-electron chi connectivity index (χ2n) is 5.12. The van der Waals surface area contributed by atoms with Crippen LogP contribution < -0.4 is 11.2 Å². The fourth-order valence-corrected chi connectivity index (χ4v) is 3.22. The lowest BCUT2D eigenvalue weighted by Gasteiger charge is -2.05.